The van der Waals surface area contributed by atoms with Gasteiger partial charge in [-0.05, 0) is 53.1 Å². The van der Waals surface area contributed by atoms with E-state index in [1.54, 1.807) is 6.07 Å². The lowest BCUT2D eigenvalue weighted by Crippen LogP contribution is -1.98. The molecule has 0 saturated heterocycles. The molecule has 0 radical (unpaired) electrons. The number of hydrogen-bond acceptors (Lipinski definition) is 2. The van der Waals surface area contributed by atoms with Crippen molar-refractivity contribution in [2.24, 2.45) is 0 Å². The molecule has 0 aliphatic heterocycles. The summed E-state index contributed by atoms with van der Waals surface area (Å²) in [7, 11) is 0. The third-order valence-corrected chi connectivity index (χ3v) is 2.95. The van der Waals surface area contributed by atoms with Crippen molar-refractivity contribution in [3.8, 4) is 5.75 Å². The lowest BCUT2D eigenvalue weighted by Gasteiger charge is -2.10. The summed E-state index contributed by atoms with van der Waals surface area (Å²) < 4.78 is 0.735. The summed E-state index contributed by atoms with van der Waals surface area (Å²) in [4.78, 5) is 11.2. The molecule has 1 aromatic carbocycles. The Morgan fingerprint density at radius 3 is 2.43 bits per heavy atom. The van der Waals surface area contributed by atoms with E-state index in [2.05, 4.69) is 13.8 Å². The quantitative estimate of drug-likeness (QED) is 0.672. The molecule has 3 heteroatoms. The molecule has 1 rings (SSSR count). The van der Waals surface area contributed by atoms with Gasteiger partial charge in [-0.15, -0.1) is 0 Å². The fourth-order valence-electron chi connectivity index (χ4n) is 1.22. The van der Waals surface area contributed by atoms with E-state index in [0.29, 0.717) is 11.5 Å². The fraction of sp³-hybridized carbons (Fsp3) is 0.364. The monoisotopic (exact) mass is 304 g/mol. The van der Waals surface area contributed by atoms with Crippen LogP contribution in [0.5, 0.6) is 5.75 Å². The molecule has 0 aromatic heterocycles. The van der Waals surface area contributed by atoms with Gasteiger partial charge in [0.15, 0.2) is 5.78 Å². The minimum atomic E-state index is -0.0945. The largest absolute Gasteiger partial charge is 0.506 e. The van der Waals surface area contributed by atoms with Crippen molar-refractivity contribution in [3.63, 3.8) is 0 Å². The van der Waals surface area contributed by atoms with E-state index >= 15 is 0 Å². The smallest absolute Gasteiger partial charge is 0.163 e. The van der Waals surface area contributed by atoms with Gasteiger partial charge in [0.05, 0.1) is 9.13 Å². The minimum Gasteiger partial charge on any atom is -0.506 e. The topological polar surface area (TPSA) is 37.3 Å². The maximum absolute atomic E-state index is 11.2. The van der Waals surface area contributed by atoms with Crippen LogP contribution >= 0.6 is 22.6 Å². The molecular weight excluding hydrogens is 291 g/mol. The average molecular weight is 304 g/mol. The number of rotatable bonds is 2. The van der Waals surface area contributed by atoms with E-state index < -0.39 is 0 Å². The summed E-state index contributed by atoms with van der Waals surface area (Å²) in [6.45, 7) is 5.59. The van der Waals surface area contributed by atoms with Crippen molar-refractivity contribution < 1.29 is 9.90 Å². The van der Waals surface area contributed by atoms with Crippen molar-refractivity contribution in [2.45, 2.75) is 26.7 Å². The number of phenols is 1. The Hall–Kier alpha value is -0.580. The van der Waals surface area contributed by atoms with Gasteiger partial charge in [0.2, 0.25) is 0 Å². The van der Waals surface area contributed by atoms with Crippen LogP contribution in [-0.4, -0.2) is 10.9 Å². The minimum absolute atomic E-state index is 0.0945. The Kier molecular flexibility index (Phi) is 3.53. The van der Waals surface area contributed by atoms with Gasteiger partial charge in [-0.3, -0.25) is 4.79 Å². The van der Waals surface area contributed by atoms with Crippen molar-refractivity contribution >= 4 is 28.4 Å². The SMILES string of the molecule is CC(=O)c1cc(C(C)C)cc(I)c1O. The van der Waals surface area contributed by atoms with Crippen LogP contribution in [0.2, 0.25) is 0 Å². The highest BCUT2D eigenvalue weighted by Crippen LogP contribution is 2.29. The number of carbonyl (C=O) groups excluding carboxylic acids is 1. The molecule has 0 atom stereocenters. The number of halogens is 1. The second-order valence-corrected chi connectivity index (χ2v) is 4.77. The molecule has 76 valence electrons. The Balaban J connectivity index is 3.35. The molecule has 0 bridgehead atoms. The lowest BCUT2D eigenvalue weighted by molar-refractivity contribution is 0.101. The van der Waals surface area contributed by atoms with E-state index in [4.69, 9.17) is 0 Å². The van der Waals surface area contributed by atoms with Gasteiger partial charge in [-0.25, -0.2) is 0 Å². The van der Waals surface area contributed by atoms with E-state index in [1.165, 1.54) is 6.92 Å². The normalized spacial score (nSPS) is 10.6. The molecule has 14 heavy (non-hydrogen) atoms. The summed E-state index contributed by atoms with van der Waals surface area (Å²) in [5.74, 6) is 0.368. The van der Waals surface area contributed by atoms with Gasteiger partial charge in [-0.1, -0.05) is 13.8 Å². The molecule has 1 aromatic rings. The number of aromatic hydroxyl groups is 1. The molecule has 0 aliphatic rings. The highest BCUT2D eigenvalue weighted by atomic mass is 127. The molecule has 0 unspecified atom stereocenters. The standard InChI is InChI=1S/C11H13IO2/c1-6(2)8-4-9(7(3)13)11(14)10(12)5-8/h4-6,14H,1-3H3. The maximum Gasteiger partial charge on any atom is 0.163 e. The Bertz CT molecular complexity index is 370. The maximum atomic E-state index is 11.2. The highest BCUT2D eigenvalue weighted by Gasteiger charge is 2.12. The molecule has 0 aliphatic carbocycles. The van der Waals surface area contributed by atoms with E-state index in [0.717, 1.165) is 9.13 Å². The van der Waals surface area contributed by atoms with Crippen LogP contribution in [0.4, 0.5) is 0 Å². The average Bonchev–Trinajstić information content (AvgIpc) is 2.08. The van der Waals surface area contributed by atoms with Crippen molar-refractivity contribution in [3.05, 3.63) is 26.8 Å². The molecule has 2 nitrogen and oxygen atoms in total. The number of phenolic OH excluding ortho intramolecular Hbond substituents is 1. The van der Waals surface area contributed by atoms with Crippen LogP contribution in [0, 0.1) is 3.57 Å². The number of benzene rings is 1. The molecule has 0 fully saturated rings. The molecule has 0 amide bonds. The molecule has 0 heterocycles. The van der Waals surface area contributed by atoms with Gasteiger partial charge in [0.1, 0.15) is 5.75 Å². The zero-order chi connectivity index (χ0) is 10.9. The van der Waals surface area contributed by atoms with Crippen molar-refractivity contribution in [1.82, 2.24) is 0 Å². The summed E-state index contributed by atoms with van der Waals surface area (Å²) in [5.41, 5.74) is 1.50. The zero-order valence-corrected chi connectivity index (χ0v) is 10.6. The Morgan fingerprint density at radius 2 is 2.00 bits per heavy atom. The van der Waals surface area contributed by atoms with Crippen molar-refractivity contribution in [1.29, 1.82) is 0 Å². The third kappa shape index (κ3) is 2.26. The first-order chi connectivity index (χ1) is 6.43. The highest BCUT2D eigenvalue weighted by molar-refractivity contribution is 14.1. The molecule has 0 saturated carbocycles. The van der Waals surface area contributed by atoms with Gasteiger partial charge in [-0.2, -0.15) is 0 Å². The summed E-state index contributed by atoms with van der Waals surface area (Å²) in [5, 5.41) is 9.65. The number of carbonyl (C=O) groups is 1. The first-order valence-electron chi connectivity index (χ1n) is 4.46. The summed E-state index contributed by atoms with van der Waals surface area (Å²) >= 11 is 2.04. The molecule has 1 N–H and O–H groups in total. The van der Waals surface area contributed by atoms with Crippen LogP contribution < -0.4 is 0 Å². The number of hydrogen-bond donors (Lipinski definition) is 1. The first-order valence-corrected chi connectivity index (χ1v) is 5.54. The van der Waals surface area contributed by atoms with Crippen LogP contribution in [0.1, 0.15) is 42.6 Å². The second kappa shape index (κ2) is 4.29. The molecular formula is C11H13IO2. The van der Waals surface area contributed by atoms with Gasteiger partial charge >= 0.3 is 0 Å². The van der Waals surface area contributed by atoms with Gasteiger partial charge < -0.3 is 5.11 Å². The van der Waals surface area contributed by atoms with Crippen LogP contribution in [0.3, 0.4) is 0 Å². The van der Waals surface area contributed by atoms with Gasteiger partial charge in [0.25, 0.3) is 0 Å². The summed E-state index contributed by atoms with van der Waals surface area (Å²) in [6, 6.07) is 3.68. The van der Waals surface area contributed by atoms with E-state index in [9.17, 15) is 9.90 Å². The Morgan fingerprint density at radius 1 is 1.43 bits per heavy atom. The van der Waals surface area contributed by atoms with E-state index in [-0.39, 0.29) is 11.5 Å². The third-order valence-electron chi connectivity index (χ3n) is 2.13. The second-order valence-electron chi connectivity index (χ2n) is 3.61. The fourth-order valence-corrected chi connectivity index (χ4v) is 1.87. The molecule has 0 spiro atoms. The predicted molar refractivity (Wildman–Crippen MR) is 64.9 cm³/mol. The number of ketones is 1. The Labute approximate surface area is 97.5 Å². The van der Waals surface area contributed by atoms with E-state index in [1.807, 2.05) is 28.7 Å². The first kappa shape index (κ1) is 11.5. The van der Waals surface area contributed by atoms with Crippen molar-refractivity contribution in [2.75, 3.05) is 0 Å². The lowest BCUT2D eigenvalue weighted by atomic mass is 9.99. The van der Waals surface area contributed by atoms with Crippen LogP contribution in [-0.2, 0) is 0 Å². The predicted octanol–water partition coefficient (Wildman–Crippen LogP) is 3.32. The van der Waals surface area contributed by atoms with Gasteiger partial charge in [0, 0.05) is 0 Å². The summed E-state index contributed by atoms with van der Waals surface area (Å²) in [6.07, 6.45) is 0. The van der Waals surface area contributed by atoms with Crippen LogP contribution in [0.15, 0.2) is 12.1 Å². The zero-order valence-electron chi connectivity index (χ0n) is 8.47. The van der Waals surface area contributed by atoms with Crippen LogP contribution in [0.25, 0.3) is 0 Å². The number of Topliss-reactive ketones (excluding diaryl/α,β-unsaturated/α-hetero) is 1.